The predicted octanol–water partition coefficient (Wildman–Crippen LogP) is 2.47. The number of nitrogens with one attached hydrogen (secondary N) is 1. The van der Waals surface area contributed by atoms with Gasteiger partial charge in [-0.25, -0.2) is 0 Å². The van der Waals surface area contributed by atoms with Gasteiger partial charge in [0.2, 0.25) is 0 Å². The maximum absolute atomic E-state index is 6.42. The molecule has 2 saturated heterocycles. The summed E-state index contributed by atoms with van der Waals surface area (Å²) in [5, 5.41) is 12.2. The molecule has 30 heavy (non-hydrogen) atoms. The molecule has 1 spiro atoms. The summed E-state index contributed by atoms with van der Waals surface area (Å²) >= 11 is 1.97. The molecule has 0 aliphatic carbocycles. The Bertz CT molecular complexity index is 903. The Morgan fingerprint density at radius 3 is 3.13 bits per heavy atom. The van der Waals surface area contributed by atoms with Crippen LogP contribution in [0.15, 0.2) is 24.5 Å². The number of morpholine rings is 1. The van der Waals surface area contributed by atoms with Crippen molar-refractivity contribution in [3.05, 3.63) is 45.6 Å². The fourth-order valence-corrected chi connectivity index (χ4v) is 6.03. The monoisotopic (exact) mass is 429 g/mol. The minimum absolute atomic E-state index is 0.185. The SMILES string of the molecule is C=C1C[C@@]2(CCN1Cc1cn(CC3COCCN3)nn1)OCCc1sc(CC)cc12. The molecule has 1 N–H and O–H groups in total. The van der Waals surface area contributed by atoms with Crippen LogP contribution in [-0.4, -0.2) is 58.8 Å². The van der Waals surface area contributed by atoms with E-state index in [1.54, 1.807) is 0 Å². The fraction of sp³-hybridized carbons (Fsp3) is 0.636. The van der Waals surface area contributed by atoms with E-state index in [0.717, 1.165) is 83.1 Å². The molecule has 0 radical (unpaired) electrons. The molecule has 2 aromatic heterocycles. The summed E-state index contributed by atoms with van der Waals surface area (Å²) in [7, 11) is 0. The Balaban J connectivity index is 1.23. The van der Waals surface area contributed by atoms with Crippen molar-refractivity contribution >= 4 is 11.3 Å². The molecule has 2 atom stereocenters. The number of aryl methyl sites for hydroxylation is 1. The van der Waals surface area contributed by atoms with E-state index in [-0.39, 0.29) is 5.60 Å². The number of piperidine rings is 1. The van der Waals surface area contributed by atoms with Gasteiger partial charge in [-0.2, -0.15) is 0 Å². The molecule has 2 fully saturated rings. The van der Waals surface area contributed by atoms with Gasteiger partial charge in [0.05, 0.1) is 45.1 Å². The Morgan fingerprint density at radius 1 is 1.40 bits per heavy atom. The number of thiophene rings is 1. The third-order valence-corrected chi connectivity index (χ3v) is 7.81. The van der Waals surface area contributed by atoms with Gasteiger partial charge in [-0.05, 0) is 24.5 Å². The van der Waals surface area contributed by atoms with Crippen LogP contribution in [0.1, 0.15) is 40.8 Å². The molecule has 162 valence electrons. The Morgan fingerprint density at radius 2 is 2.33 bits per heavy atom. The van der Waals surface area contributed by atoms with Gasteiger partial charge < -0.3 is 19.7 Å². The molecule has 2 aromatic rings. The Labute approximate surface area is 182 Å². The summed E-state index contributed by atoms with van der Waals surface area (Å²) in [5.41, 5.74) is 3.35. The van der Waals surface area contributed by atoms with Crippen LogP contribution >= 0.6 is 11.3 Å². The second-order valence-corrected chi connectivity index (χ2v) is 9.79. The predicted molar refractivity (Wildman–Crippen MR) is 116 cm³/mol. The van der Waals surface area contributed by atoms with Crippen LogP contribution in [-0.2, 0) is 41.0 Å². The molecule has 8 heteroatoms. The molecule has 5 rings (SSSR count). The minimum atomic E-state index is -0.185. The van der Waals surface area contributed by atoms with Crippen LogP contribution in [0, 0.1) is 0 Å². The van der Waals surface area contributed by atoms with Crippen molar-refractivity contribution in [3.63, 3.8) is 0 Å². The van der Waals surface area contributed by atoms with E-state index in [0.29, 0.717) is 6.04 Å². The van der Waals surface area contributed by atoms with Crippen molar-refractivity contribution in [3.8, 4) is 0 Å². The highest BCUT2D eigenvalue weighted by Crippen LogP contribution is 2.47. The molecular formula is C22H31N5O2S. The van der Waals surface area contributed by atoms with Crippen molar-refractivity contribution in [1.29, 1.82) is 0 Å². The van der Waals surface area contributed by atoms with E-state index in [1.165, 1.54) is 15.3 Å². The molecule has 3 aliphatic heterocycles. The number of likely N-dealkylation sites (tertiary alicyclic amines) is 1. The van der Waals surface area contributed by atoms with Gasteiger partial charge in [-0.3, -0.25) is 4.68 Å². The summed E-state index contributed by atoms with van der Waals surface area (Å²) in [4.78, 5) is 5.32. The van der Waals surface area contributed by atoms with E-state index < -0.39 is 0 Å². The smallest absolute Gasteiger partial charge is 0.102 e. The lowest BCUT2D eigenvalue weighted by atomic mass is 9.81. The zero-order valence-electron chi connectivity index (χ0n) is 17.7. The van der Waals surface area contributed by atoms with Gasteiger partial charge in [-0.15, -0.1) is 16.4 Å². The van der Waals surface area contributed by atoms with E-state index in [9.17, 15) is 0 Å². The van der Waals surface area contributed by atoms with E-state index in [4.69, 9.17) is 9.47 Å². The van der Waals surface area contributed by atoms with E-state index in [2.05, 4.69) is 46.3 Å². The maximum Gasteiger partial charge on any atom is 0.102 e. The molecule has 3 aliphatic rings. The number of ether oxygens (including phenoxy) is 2. The third kappa shape index (κ3) is 3.93. The van der Waals surface area contributed by atoms with Gasteiger partial charge >= 0.3 is 0 Å². The highest BCUT2D eigenvalue weighted by atomic mass is 32.1. The van der Waals surface area contributed by atoms with E-state index >= 15 is 0 Å². The average Bonchev–Trinajstić information content (AvgIpc) is 3.38. The summed E-state index contributed by atoms with van der Waals surface area (Å²) in [6.45, 7) is 12.3. The van der Waals surface area contributed by atoms with Crippen molar-refractivity contribution in [1.82, 2.24) is 25.2 Å². The number of rotatable bonds is 5. The van der Waals surface area contributed by atoms with Crippen molar-refractivity contribution in [2.75, 3.05) is 32.9 Å². The quantitative estimate of drug-likeness (QED) is 0.788. The van der Waals surface area contributed by atoms with Gasteiger partial charge in [0.1, 0.15) is 11.3 Å². The molecule has 7 nitrogen and oxygen atoms in total. The first kappa shape index (κ1) is 20.2. The molecule has 5 heterocycles. The molecular weight excluding hydrogens is 398 g/mol. The number of hydrogen-bond donors (Lipinski definition) is 1. The zero-order chi connectivity index (χ0) is 20.6. The second-order valence-electron chi connectivity index (χ2n) is 8.57. The standard InChI is InChI=1S/C22H31N5O2S/c1-3-19-10-20-21(30-19)4-8-29-22(20)5-7-26(16(2)11-22)12-17-13-27(25-24-17)14-18-15-28-9-6-23-18/h10,13,18,23H,2-9,11-12,14-15H2,1H3/t18?,22-/m1/s1. The van der Waals surface area contributed by atoms with Crippen molar-refractivity contribution in [2.24, 2.45) is 0 Å². The van der Waals surface area contributed by atoms with Crippen molar-refractivity contribution < 1.29 is 9.47 Å². The van der Waals surface area contributed by atoms with Crippen LogP contribution in [0.2, 0.25) is 0 Å². The normalized spacial score (nSPS) is 26.9. The first-order valence-electron chi connectivity index (χ1n) is 11.0. The largest absolute Gasteiger partial charge is 0.378 e. The lowest BCUT2D eigenvalue weighted by Gasteiger charge is -2.45. The molecule has 0 saturated carbocycles. The Kier molecular flexibility index (Phi) is 5.66. The lowest BCUT2D eigenvalue weighted by Crippen LogP contribution is -2.44. The summed E-state index contributed by atoms with van der Waals surface area (Å²) in [6.07, 6.45) is 6.05. The number of fused-ring (bicyclic) bond motifs is 2. The van der Waals surface area contributed by atoms with Crippen LogP contribution in [0.5, 0.6) is 0 Å². The fourth-order valence-electron chi connectivity index (χ4n) is 4.85. The minimum Gasteiger partial charge on any atom is -0.378 e. The molecule has 0 aromatic carbocycles. The number of nitrogens with zero attached hydrogens (tertiary/aromatic N) is 4. The highest BCUT2D eigenvalue weighted by molar-refractivity contribution is 7.12. The topological polar surface area (TPSA) is 64.4 Å². The Hall–Kier alpha value is -1.74. The van der Waals surface area contributed by atoms with Gasteiger partial charge in [0.25, 0.3) is 0 Å². The number of aromatic nitrogens is 3. The van der Waals surface area contributed by atoms with Gasteiger partial charge in [0, 0.05) is 41.4 Å². The van der Waals surface area contributed by atoms with Gasteiger partial charge in [0.15, 0.2) is 0 Å². The molecule has 0 amide bonds. The van der Waals surface area contributed by atoms with E-state index in [1.807, 2.05) is 16.0 Å². The summed E-state index contributed by atoms with van der Waals surface area (Å²) in [5.74, 6) is 0. The first-order chi connectivity index (χ1) is 14.6. The van der Waals surface area contributed by atoms with Crippen molar-refractivity contribution in [2.45, 2.75) is 57.3 Å². The highest BCUT2D eigenvalue weighted by Gasteiger charge is 2.43. The molecule has 0 bridgehead atoms. The first-order valence-corrected chi connectivity index (χ1v) is 11.9. The van der Waals surface area contributed by atoms with Crippen LogP contribution in [0.3, 0.4) is 0 Å². The number of hydrogen-bond acceptors (Lipinski definition) is 7. The second kappa shape index (κ2) is 8.42. The molecule has 1 unspecified atom stereocenters. The zero-order valence-corrected chi connectivity index (χ0v) is 18.5. The van der Waals surface area contributed by atoms with Crippen LogP contribution in [0.4, 0.5) is 0 Å². The van der Waals surface area contributed by atoms with Crippen LogP contribution in [0.25, 0.3) is 0 Å². The van der Waals surface area contributed by atoms with Crippen LogP contribution < -0.4 is 5.32 Å². The summed E-state index contributed by atoms with van der Waals surface area (Å²) in [6, 6.07) is 2.69. The third-order valence-electron chi connectivity index (χ3n) is 6.47. The summed E-state index contributed by atoms with van der Waals surface area (Å²) < 4.78 is 13.9. The average molecular weight is 430 g/mol. The maximum atomic E-state index is 6.42. The lowest BCUT2D eigenvalue weighted by molar-refractivity contribution is -0.0857. The van der Waals surface area contributed by atoms with Gasteiger partial charge in [-0.1, -0.05) is 18.7 Å².